The Kier molecular flexibility index (Phi) is 4.74. The second-order valence-electron chi connectivity index (χ2n) is 5.11. The van der Waals surface area contributed by atoms with Crippen LogP contribution in [0.3, 0.4) is 0 Å². The Balaban J connectivity index is 2.16. The van der Waals surface area contributed by atoms with E-state index in [1.54, 1.807) is 0 Å². The molecule has 0 amide bonds. The Morgan fingerprint density at radius 3 is 2.70 bits per heavy atom. The summed E-state index contributed by atoms with van der Waals surface area (Å²) in [4.78, 5) is 4.46. The minimum atomic E-state index is 0.260. The summed E-state index contributed by atoms with van der Waals surface area (Å²) in [7, 11) is 1.96. The number of ether oxygens (including phenoxy) is 1. The van der Waals surface area contributed by atoms with Crippen LogP contribution in [0.1, 0.15) is 35.5 Å². The molecule has 0 saturated heterocycles. The molecule has 1 aromatic heterocycles. The van der Waals surface area contributed by atoms with Gasteiger partial charge in [0, 0.05) is 17.3 Å². The molecule has 0 aliphatic rings. The largest absolute Gasteiger partial charge is 0.487 e. The number of nitrogens with one attached hydrogen (secondary N) is 1. The number of hydrogen-bond acceptors (Lipinski definition) is 3. The van der Waals surface area contributed by atoms with Gasteiger partial charge in [0.15, 0.2) is 0 Å². The molecule has 20 heavy (non-hydrogen) atoms. The van der Waals surface area contributed by atoms with Gasteiger partial charge in [0.1, 0.15) is 12.4 Å². The number of aromatic nitrogens is 1. The highest BCUT2D eigenvalue weighted by atomic mass is 16.5. The molecule has 2 aromatic rings. The summed E-state index contributed by atoms with van der Waals surface area (Å²) >= 11 is 0. The number of rotatable bonds is 5. The van der Waals surface area contributed by atoms with Crippen LogP contribution in [0.5, 0.6) is 5.75 Å². The van der Waals surface area contributed by atoms with E-state index >= 15 is 0 Å². The lowest BCUT2D eigenvalue weighted by Crippen LogP contribution is -2.14. The third-order valence-corrected chi connectivity index (χ3v) is 3.39. The van der Waals surface area contributed by atoms with E-state index in [1.165, 1.54) is 11.1 Å². The van der Waals surface area contributed by atoms with Gasteiger partial charge in [-0.05, 0) is 46.0 Å². The molecule has 0 aliphatic heterocycles. The van der Waals surface area contributed by atoms with Crippen molar-refractivity contribution >= 4 is 0 Å². The third-order valence-electron chi connectivity index (χ3n) is 3.39. The van der Waals surface area contributed by atoms with E-state index in [9.17, 15) is 0 Å². The van der Waals surface area contributed by atoms with Gasteiger partial charge >= 0.3 is 0 Å². The number of nitrogens with zero attached hydrogens (tertiary/aromatic N) is 1. The lowest BCUT2D eigenvalue weighted by molar-refractivity contribution is 0.295. The van der Waals surface area contributed by atoms with Crippen LogP contribution < -0.4 is 10.1 Å². The fourth-order valence-electron chi connectivity index (χ4n) is 2.12. The Hall–Kier alpha value is -1.87. The van der Waals surface area contributed by atoms with Gasteiger partial charge in [-0.25, -0.2) is 0 Å². The summed E-state index contributed by atoms with van der Waals surface area (Å²) in [6.45, 7) is 6.71. The average molecular weight is 270 g/mol. The molecule has 1 N–H and O–H groups in total. The zero-order valence-electron chi connectivity index (χ0n) is 12.6. The van der Waals surface area contributed by atoms with Crippen LogP contribution in [0.2, 0.25) is 0 Å². The van der Waals surface area contributed by atoms with Crippen molar-refractivity contribution in [1.29, 1.82) is 0 Å². The predicted octanol–water partition coefficient (Wildman–Crippen LogP) is 3.56. The van der Waals surface area contributed by atoms with Crippen molar-refractivity contribution in [3.05, 3.63) is 58.9 Å². The zero-order valence-corrected chi connectivity index (χ0v) is 12.6. The zero-order chi connectivity index (χ0) is 14.5. The molecule has 0 spiro atoms. The molecule has 1 heterocycles. The average Bonchev–Trinajstić information content (AvgIpc) is 2.45. The normalized spacial score (nSPS) is 12.2. The molecule has 3 nitrogen and oxygen atoms in total. The highest BCUT2D eigenvalue weighted by Crippen LogP contribution is 2.26. The summed E-state index contributed by atoms with van der Waals surface area (Å²) in [5.74, 6) is 0.917. The first-order valence-electron chi connectivity index (χ1n) is 6.93. The third kappa shape index (κ3) is 3.58. The molecule has 0 radical (unpaired) electrons. The van der Waals surface area contributed by atoms with E-state index in [2.05, 4.69) is 36.3 Å². The molecule has 1 aromatic carbocycles. The SMILES string of the molecule is CNC(C)c1cc(C)ccc1OCc1cccc(C)n1. The van der Waals surface area contributed by atoms with E-state index < -0.39 is 0 Å². The highest BCUT2D eigenvalue weighted by Gasteiger charge is 2.10. The molecular formula is C17H22N2O. The van der Waals surface area contributed by atoms with Gasteiger partial charge in [0.25, 0.3) is 0 Å². The first kappa shape index (κ1) is 14.5. The molecule has 0 saturated carbocycles. The van der Waals surface area contributed by atoms with Crippen molar-refractivity contribution in [2.75, 3.05) is 7.05 Å². The molecule has 106 valence electrons. The summed E-state index contributed by atoms with van der Waals surface area (Å²) in [6, 6.07) is 12.5. The van der Waals surface area contributed by atoms with Crippen LogP contribution in [0.25, 0.3) is 0 Å². The van der Waals surface area contributed by atoms with E-state index in [1.807, 2.05) is 38.2 Å². The van der Waals surface area contributed by atoms with Crippen LogP contribution in [-0.2, 0) is 6.61 Å². The summed E-state index contributed by atoms with van der Waals surface area (Å²) in [6.07, 6.45) is 0. The maximum absolute atomic E-state index is 5.95. The van der Waals surface area contributed by atoms with Gasteiger partial charge in [-0.1, -0.05) is 23.8 Å². The van der Waals surface area contributed by atoms with Crippen LogP contribution in [0, 0.1) is 13.8 Å². The van der Waals surface area contributed by atoms with E-state index in [-0.39, 0.29) is 6.04 Å². The van der Waals surface area contributed by atoms with E-state index in [0.717, 1.165) is 17.1 Å². The lowest BCUT2D eigenvalue weighted by Gasteiger charge is -2.17. The molecular weight excluding hydrogens is 248 g/mol. The molecule has 3 heteroatoms. The van der Waals surface area contributed by atoms with Crippen LogP contribution in [0.15, 0.2) is 36.4 Å². The second kappa shape index (κ2) is 6.53. The fourth-order valence-corrected chi connectivity index (χ4v) is 2.12. The quantitative estimate of drug-likeness (QED) is 0.902. The molecule has 0 bridgehead atoms. The highest BCUT2D eigenvalue weighted by molar-refractivity contribution is 5.39. The van der Waals surface area contributed by atoms with Crippen LogP contribution >= 0.6 is 0 Å². The van der Waals surface area contributed by atoms with Gasteiger partial charge in [0.05, 0.1) is 5.69 Å². The lowest BCUT2D eigenvalue weighted by atomic mass is 10.0. The summed E-state index contributed by atoms with van der Waals surface area (Å²) in [5, 5.41) is 3.26. The van der Waals surface area contributed by atoms with Gasteiger partial charge in [-0.2, -0.15) is 0 Å². The smallest absolute Gasteiger partial charge is 0.130 e. The van der Waals surface area contributed by atoms with Crippen LogP contribution in [-0.4, -0.2) is 12.0 Å². The van der Waals surface area contributed by atoms with Crippen molar-refractivity contribution < 1.29 is 4.74 Å². The van der Waals surface area contributed by atoms with E-state index in [0.29, 0.717) is 6.61 Å². The van der Waals surface area contributed by atoms with Gasteiger partial charge in [-0.3, -0.25) is 4.98 Å². The Bertz CT molecular complexity index is 581. The number of benzene rings is 1. The summed E-state index contributed by atoms with van der Waals surface area (Å²) in [5.41, 5.74) is 4.38. The standard InChI is InChI=1S/C17H22N2O/c1-12-8-9-17(16(10-12)14(3)18-4)20-11-15-7-5-6-13(2)19-15/h5-10,14,18H,11H2,1-4H3. The Morgan fingerprint density at radius 1 is 1.20 bits per heavy atom. The molecule has 0 fully saturated rings. The Morgan fingerprint density at radius 2 is 2.00 bits per heavy atom. The van der Waals surface area contributed by atoms with Gasteiger partial charge in [0.2, 0.25) is 0 Å². The van der Waals surface area contributed by atoms with Crippen molar-refractivity contribution in [2.24, 2.45) is 0 Å². The number of hydrogen-bond donors (Lipinski definition) is 1. The van der Waals surface area contributed by atoms with Crippen molar-refractivity contribution in [3.63, 3.8) is 0 Å². The first-order chi connectivity index (χ1) is 9.60. The fraction of sp³-hybridized carbons (Fsp3) is 0.353. The van der Waals surface area contributed by atoms with Crippen LogP contribution in [0.4, 0.5) is 0 Å². The maximum atomic E-state index is 5.95. The van der Waals surface area contributed by atoms with Gasteiger partial charge < -0.3 is 10.1 Å². The number of aryl methyl sites for hydroxylation is 2. The van der Waals surface area contributed by atoms with Crippen molar-refractivity contribution in [3.8, 4) is 5.75 Å². The van der Waals surface area contributed by atoms with Crippen molar-refractivity contribution in [2.45, 2.75) is 33.4 Å². The van der Waals surface area contributed by atoms with Gasteiger partial charge in [-0.15, -0.1) is 0 Å². The minimum Gasteiger partial charge on any atom is -0.487 e. The van der Waals surface area contributed by atoms with E-state index in [4.69, 9.17) is 4.74 Å². The molecule has 1 unspecified atom stereocenters. The molecule has 0 aliphatic carbocycles. The van der Waals surface area contributed by atoms with Crippen molar-refractivity contribution in [1.82, 2.24) is 10.3 Å². The summed E-state index contributed by atoms with van der Waals surface area (Å²) < 4.78 is 5.95. The predicted molar refractivity (Wildman–Crippen MR) is 82.0 cm³/mol. The second-order valence-corrected chi connectivity index (χ2v) is 5.11. The minimum absolute atomic E-state index is 0.260. The number of pyridine rings is 1. The molecule has 2 rings (SSSR count). The monoisotopic (exact) mass is 270 g/mol. The first-order valence-corrected chi connectivity index (χ1v) is 6.93. The Labute approximate surface area is 121 Å². The topological polar surface area (TPSA) is 34.1 Å². The molecule has 1 atom stereocenters. The maximum Gasteiger partial charge on any atom is 0.130 e.